The number of hydrogen-bond acceptors (Lipinski definition) is 3. The average molecular weight is 343 g/mol. The summed E-state index contributed by atoms with van der Waals surface area (Å²) in [6, 6.07) is 9.99. The van der Waals surface area contributed by atoms with E-state index >= 15 is 0 Å². The van der Waals surface area contributed by atoms with Crippen LogP contribution >= 0.6 is 22.9 Å². The van der Waals surface area contributed by atoms with Gasteiger partial charge in [0, 0.05) is 33.4 Å². The SMILES string of the molecule is CCCc1ccncc1-c1nc(-c2ccc(Cl)cc2)sc1CC. The van der Waals surface area contributed by atoms with Gasteiger partial charge in [-0.3, -0.25) is 4.98 Å². The van der Waals surface area contributed by atoms with Crippen LogP contribution in [0.1, 0.15) is 30.7 Å². The van der Waals surface area contributed by atoms with E-state index in [2.05, 4.69) is 24.9 Å². The number of aryl methyl sites for hydroxylation is 2. The predicted octanol–water partition coefficient (Wildman–Crippen LogP) is 6.04. The Morgan fingerprint density at radius 3 is 2.57 bits per heavy atom. The third-order valence-corrected chi connectivity index (χ3v) is 5.30. The van der Waals surface area contributed by atoms with Gasteiger partial charge in [-0.15, -0.1) is 11.3 Å². The van der Waals surface area contributed by atoms with Gasteiger partial charge in [-0.2, -0.15) is 0 Å². The summed E-state index contributed by atoms with van der Waals surface area (Å²) in [5.41, 5.74) is 4.69. The Hall–Kier alpha value is -1.71. The van der Waals surface area contributed by atoms with E-state index in [-0.39, 0.29) is 0 Å². The van der Waals surface area contributed by atoms with E-state index in [4.69, 9.17) is 16.6 Å². The molecular formula is C19H19ClN2S. The first-order valence-corrected chi connectivity index (χ1v) is 9.11. The van der Waals surface area contributed by atoms with Crippen molar-refractivity contribution >= 4 is 22.9 Å². The zero-order valence-electron chi connectivity index (χ0n) is 13.3. The maximum Gasteiger partial charge on any atom is 0.124 e. The van der Waals surface area contributed by atoms with E-state index in [1.165, 1.54) is 16.0 Å². The summed E-state index contributed by atoms with van der Waals surface area (Å²) in [6.07, 6.45) is 6.96. The van der Waals surface area contributed by atoms with E-state index in [0.717, 1.165) is 40.6 Å². The lowest BCUT2D eigenvalue weighted by atomic mass is 10.0. The maximum absolute atomic E-state index is 5.99. The van der Waals surface area contributed by atoms with Crippen molar-refractivity contribution in [1.82, 2.24) is 9.97 Å². The van der Waals surface area contributed by atoms with Crippen LogP contribution in [0.25, 0.3) is 21.8 Å². The van der Waals surface area contributed by atoms with Crippen LogP contribution in [0.15, 0.2) is 42.7 Å². The summed E-state index contributed by atoms with van der Waals surface area (Å²) in [4.78, 5) is 10.6. The highest BCUT2D eigenvalue weighted by Crippen LogP contribution is 2.35. The molecule has 1 aromatic carbocycles. The number of rotatable bonds is 5. The second kappa shape index (κ2) is 7.24. The van der Waals surface area contributed by atoms with Crippen molar-refractivity contribution in [3.8, 4) is 21.8 Å². The Bertz CT molecular complexity index is 793. The van der Waals surface area contributed by atoms with Gasteiger partial charge >= 0.3 is 0 Å². The van der Waals surface area contributed by atoms with Gasteiger partial charge in [-0.1, -0.05) is 44.0 Å². The number of hydrogen-bond donors (Lipinski definition) is 0. The monoisotopic (exact) mass is 342 g/mol. The fourth-order valence-corrected chi connectivity index (χ4v) is 3.79. The van der Waals surface area contributed by atoms with Crippen molar-refractivity contribution in [2.45, 2.75) is 33.1 Å². The van der Waals surface area contributed by atoms with Crippen molar-refractivity contribution < 1.29 is 0 Å². The lowest BCUT2D eigenvalue weighted by Gasteiger charge is -2.07. The molecule has 0 unspecified atom stereocenters. The molecular weight excluding hydrogens is 324 g/mol. The van der Waals surface area contributed by atoms with Crippen LogP contribution in [-0.2, 0) is 12.8 Å². The molecule has 0 saturated carbocycles. The van der Waals surface area contributed by atoms with Gasteiger partial charge in [0.2, 0.25) is 0 Å². The second-order valence-electron chi connectivity index (χ2n) is 5.43. The Kier molecular flexibility index (Phi) is 5.09. The second-order valence-corrected chi connectivity index (χ2v) is 6.95. The number of pyridine rings is 1. The van der Waals surface area contributed by atoms with Gasteiger partial charge in [-0.25, -0.2) is 4.98 Å². The first-order chi connectivity index (χ1) is 11.2. The van der Waals surface area contributed by atoms with E-state index < -0.39 is 0 Å². The quantitative estimate of drug-likeness (QED) is 0.564. The van der Waals surface area contributed by atoms with E-state index in [9.17, 15) is 0 Å². The van der Waals surface area contributed by atoms with Crippen molar-refractivity contribution in [1.29, 1.82) is 0 Å². The zero-order chi connectivity index (χ0) is 16.2. The molecule has 0 aliphatic heterocycles. The zero-order valence-corrected chi connectivity index (χ0v) is 14.9. The summed E-state index contributed by atoms with van der Waals surface area (Å²) in [5, 5.41) is 1.79. The highest BCUT2D eigenvalue weighted by Gasteiger charge is 2.16. The summed E-state index contributed by atoms with van der Waals surface area (Å²) in [7, 11) is 0. The smallest absolute Gasteiger partial charge is 0.124 e. The van der Waals surface area contributed by atoms with Crippen LogP contribution in [-0.4, -0.2) is 9.97 Å². The van der Waals surface area contributed by atoms with Gasteiger partial charge in [0.05, 0.1) is 5.69 Å². The molecule has 0 amide bonds. The average Bonchev–Trinajstić information content (AvgIpc) is 3.00. The Morgan fingerprint density at radius 1 is 1.09 bits per heavy atom. The van der Waals surface area contributed by atoms with E-state index in [1.807, 2.05) is 36.7 Å². The molecule has 2 heterocycles. The first-order valence-electron chi connectivity index (χ1n) is 7.91. The lowest BCUT2D eigenvalue weighted by molar-refractivity contribution is 0.919. The minimum atomic E-state index is 0.749. The fourth-order valence-electron chi connectivity index (χ4n) is 2.64. The Balaban J connectivity index is 2.08. The molecule has 0 spiro atoms. The molecule has 0 bridgehead atoms. The predicted molar refractivity (Wildman–Crippen MR) is 99.2 cm³/mol. The normalized spacial score (nSPS) is 10.9. The standard InChI is InChI=1S/C19H19ClN2S/c1-3-5-13-10-11-21-12-16(13)18-17(4-2)23-19(22-18)14-6-8-15(20)9-7-14/h6-12H,3-5H2,1-2H3. The summed E-state index contributed by atoms with van der Waals surface area (Å²) >= 11 is 7.75. The number of thiazole rings is 1. The third-order valence-electron chi connectivity index (χ3n) is 3.80. The van der Waals surface area contributed by atoms with Crippen LogP contribution in [0.3, 0.4) is 0 Å². The van der Waals surface area contributed by atoms with Crippen LogP contribution in [0.2, 0.25) is 5.02 Å². The number of benzene rings is 1. The molecule has 4 heteroatoms. The summed E-state index contributed by atoms with van der Waals surface area (Å²) in [5.74, 6) is 0. The van der Waals surface area contributed by atoms with Gasteiger partial charge in [0.25, 0.3) is 0 Å². The van der Waals surface area contributed by atoms with Gasteiger partial charge < -0.3 is 0 Å². The topological polar surface area (TPSA) is 25.8 Å². The Morgan fingerprint density at radius 2 is 1.87 bits per heavy atom. The van der Waals surface area contributed by atoms with Gasteiger partial charge in [-0.05, 0) is 36.6 Å². The lowest BCUT2D eigenvalue weighted by Crippen LogP contribution is -1.93. The molecule has 0 aliphatic carbocycles. The molecule has 0 fully saturated rings. The van der Waals surface area contributed by atoms with Crippen molar-refractivity contribution in [3.05, 3.63) is 58.2 Å². The van der Waals surface area contributed by atoms with Crippen LogP contribution < -0.4 is 0 Å². The molecule has 0 aliphatic rings. The molecule has 3 rings (SSSR count). The molecule has 118 valence electrons. The minimum Gasteiger partial charge on any atom is -0.264 e. The molecule has 23 heavy (non-hydrogen) atoms. The highest BCUT2D eigenvalue weighted by atomic mass is 35.5. The van der Waals surface area contributed by atoms with E-state index in [1.54, 1.807) is 11.3 Å². The Labute approximate surface area is 146 Å². The van der Waals surface area contributed by atoms with Gasteiger partial charge in [0.1, 0.15) is 5.01 Å². The first kappa shape index (κ1) is 16.2. The summed E-state index contributed by atoms with van der Waals surface area (Å²) < 4.78 is 0. The van der Waals surface area contributed by atoms with Crippen LogP contribution in [0.5, 0.6) is 0 Å². The number of nitrogens with zero attached hydrogens (tertiary/aromatic N) is 2. The third kappa shape index (κ3) is 3.46. The van der Waals surface area contributed by atoms with E-state index in [0.29, 0.717) is 0 Å². The largest absolute Gasteiger partial charge is 0.264 e. The fraction of sp³-hybridized carbons (Fsp3) is 0.263. The number of aromatic nitrogens is 2. The number of halogens is 1. The van der Waals surface area contributed by atoms with Crippen molar-refractivity contribution in [2.24, 2.45) is 0 Å². The minimum absolute atomic E-state index is 0.749. The van der Waals surface area contributed by atoms with Crippen molar-refractivity contribution in [2.75, 3.05) is 0 Å². The molecule has 0 N–H and O–H groups in total. The maximum atomic E-state index is 5.99. The van der Waals surface area contributed by atoms with Gasteiger partial charge in [0.15, 0.2) is 0 Å². The summed E-state index contributed by atoms with van der Waals surface area (Å²) in [6.45, 7) is 4.38. The molecule has 2 nitrogen and oxygen atoms in total. The molecule has 0 saturated heterocycles. The molecule has 3 aromatic rings. The van der Waals surface area contributed by atoms with Crippen LogP contribution in [0, 0.1) is 0 Å². The molecule has 0 radical (unpaired) electrons. The molecule has 0 atom stereocenters. The highest BCUT2D eigenvalue weighted by molar-refractivity contribution is 7.15. The molecule has 2 aromatic heterocycles. The van der Waals surface area contributed by atoms with Crippen molar-refractivity contribution in [3.63, 3.8) is 0 Å². The van der Waals surface area contributed by atoms with Crippen LogP contribution in [0.4, 0.5) is 0 Å².